The van der Waals surface area contributed by atoms with Crippen molar-refractivity contribution < 1.29 is 4.39 Å². The Morgan fingerprint density at radius 1 is 1.28 bits per heavy atom. The van der Waals surface area contributed by atoms with Crippen molar-refractivity contribution in [1.29, 1.82) is 0 Å². The van der Waals surface area contributed by atoms with Crippen LogP contribution in [-0.4, -0.2) is 12.0 Å². The average molecular weight is 309 g/mol. The maximum Gasteiger partial charge on any atom is 0.146 e. The number of anilines is 1. The number of halogens is 2. The number of hydrogen-bond donors (Lipinski definition) is 0. The Kier molecular flexibility index (Phi) is 4.31. The number of rotatable bonds is 4. The van der Waals surface area contributed by atoms with Crippen molar-refractivity contribution in [2.24, 2.45) is 0 Å². The van der Waals surface area contributed by atoms with Gasteiger partial charge in [-0.1, -0.05) is 34.1 Å². The van der Waals surface area contributed by atoms with Crippen LogP contribution >= 0.6 is 15.9 Å². The molecule has 4 heteroatoms. The van der Waals surface area contributed by atoms with E-state index in [1.54, 1.807) is 18.5 Å². The lowest BCUT2D eigenvalue weighted by atomic mass is 10.1. The normalized spacial score (nSPS) is 10.4. The van der Waals surface area contributed by atoms with Crippen molar-refractivity contribution in [3.05, 3.63) is 59.7 Å². The maximum atomic E-state index is 13.9. The molecule has 2 nitrogen and oxygen atoms in total. The molecule has 18 heavy (non-hydrogen) atoms. The number of benzene rings is 1. The van der Waals surface area contributed by atoms with E-state index in [0.29, 0.717) is 17.6 Å². The molecular weight excluding hydrogens is 295 g/mol. The molecule has 0 N–H and O–H groups in total. The quantitative estimate of drug-likeness (QED) is 0.800. The number of hydrogen-bond acceptors (Lipinski definition) is 2. The standard InChI is InChI=1S/C14H14BrFN2/c1-18(10-11-4-3-7-17-9-11)14-12(8-15)5-2-6-13(14)16/h2-7,9H,8,10H2,1H3. The Hall–Kier alpha value is -1.42. The van der Waals surface area contributed by atoms with Gasteiger partial charge in [0.05, 0.1) is 5.69 Å². The summed E-state index contributed by atoms with van der Waals surface area (Å²) in [5.74, 6) is -0.196. The third-order valence-corrected chi connectivity index (χ3v) is 3.34. The number of nitrogens with zero attached hydrogens (tertiary/aromatic N) is 2. The van der Waals surface area contributed by atoms with Crippen molar-refractivity contribution in [1.82, 2.24) is 4.98 Å². The molecule has 0 saturated carbocycles. The maximum absolute atomic E-state index is 13.9. The zero-order chi connectivity index (χ0) is 13.0. The fourth-order valence-electron chi connectivity index (χ4n) is 1.94. The Morgan fingerprint density at radius 2 is 2.11 bits per heavy atom. The van der Waals surface area contributed by atoms with Gasteiger partial charge in [0.15, 0.2) is 0 Å². The lowest BCUT2D eigenvalue weighted by Crippen LogP contribution is -2.19. The molecule has 0 saturated heterocycles. The second-order valence-corrected chi connectivity index (χ2v) is 4.66. The zero-order valence-electron chi connectivity index (χ0n) is 10.1. The molecular formula is C14H14BrFN2. The summed E-state index contributed by atoms with van der Waals surface area (Å²) < 4.78 is 13.9. The van der Waals surface area contributed by atoms with Gasteiger partial charge in [0.25, 0.3) is 0 Å². The van der Waals surface area contributed by atoms with Gasteiger partial charge in [0.2, 0.25) is 0 Å². The molecule has 0 amide bonds. The van der Waals surface area contributed by atoms with E-state index in [1.807, 2.05) is 30.1 Å². The number of alkyl halides is 1. The van der Waals surface area contributed by atoms with Crippen molar-refractivity contribution in [3.63, 3.8) is 0 Å². The summed E-state index contributed by atoms with van der Waals surface area (Å²) in [4.78, 5) is 5.97. The first kappa shape index (κ1) is 13.0. The van der Waals surface area contributed by atoms with Gasteiger partial charge in [0, 0.05) is 31.3 Å². The van der Waals surface area contributed by atoms with Crippen LogP contribution in [0.4, 0.5) is 10.1 Å². The molecule has 0 aliphatic heterocycles. The van der Waals surface area contributed by atoms with E-state index >= 15 is 0 Å². The summed E-state index contributed by atoms with van der Waals surface area (Å²) in [5.41, 5.74) is 2.64. The van der Waals surface area contributed by atoms with Crippen LogP contribution in [0.25, 0.3) is 0 Å². The minimum absolute atomic E-state index is 0.196. The van der Waals surface area contributed by atoms with Gasteiger partial charge in [-0.25, -0.2) is 4.39 Å². The monoisotopic (exact) mass is 308 g/mol. The molecule has 0 fully saturated rings. The highest BCUT2D eigenvalue weighted by molar-refractivity contribution is 9.08. The molecule has 0 bridgehead atoms. The first-order valence-corrected chi connectivity index (χ1v) is 6.78. The Morgan fingerprint density at radius 3 is 2.78 bits per heavy atom. The lowest BCUT2D eigenvalue weighted by Gasteiger charge is -2.22. The van der Waals surface area contributed by atoms with Crippen LogP contribution in [0.2, 0.25) is 0 Å². The zero-order valence-corrected chi connectivity index (χ0v) is 11.7. The second kappa shape index (κ2) is 5.96. The predicted octanol–water partition coefficient (Wildman–Crippen LogP) is 3.75. The van der Waals surface area contributed by atoms with Crippen LogP contribution < -0.4 is 4.90 Å². The lowest BCUT2D eigenvalue weighted by molar-refractivity contribution is 0.620. The van der Waals surface area contributed by atoms with Gasteiger partial charge in [-0.2, -0.15) is 0 Å². The van der Waals surface area contributed by atoms with Crippen LogP contribution in [-0.2, 0) is 11.9 Å². The van der Waals surface area contributed by atoms with E-state index in [9.17, 15) is 4.39 Å². The van der Waals surface area contributed by atoms with E-state index in [0.717, 1.165) is 11.1 Å². The van der Waals surface area contributed by atoms with E-state index < -0.39 is 0 Å². The van der Waals surface area contributed by atoms with Crippen molar-refractivity contribution in [2.75, 3.05) is 11.9 Å². The topological polar surface area (TPSA) is 16.1 Å². The summed E-state index contributed by atoms with van der Waals surface area (Å²) >= 11 is 3.39. The smallest absolute Gasteiger partial charge is 0.146 e. The fraction of sp³-hybridized carbons (Fsp3) is 0.214. The summed E-state index contributed by atoms with van der Waals surface area (Å²) in [6, 6.07) is 9.01. The summed E-state index contributed by atoms with van der Waals surface area (Å²) in [5, 5.41) is 0.636. The van der Waals surface area contributed by atoms with E-state index in [4.69, 9.17) is 0 Å². The molecule has 0 unspecified atom stereocenters. The molecule has 0 aliphatic carbocycles. The number of aromatic nitrogens is 1. The van der Waals surface area contributed by atoms with Crippen LogP contribution in [0.5, 0.6) is 0 Å². The fourth-order valence-corrected chi connectivity index (χ4v) is 2.39. The van der Waals surface area contributed by atoms with Crippen LogP contribution in [0.3, 0.4) is 0 Å². The molecule has 1 heterocycles. The second-order valence-electron chi connectivity index (χ2n) is 4.10. The average Bonchev–Trinajstić information content (AvgIpc) is 2.39. The molecule has 1 aromatic heterocycles. The van der Waals surface area contributed by atoms with E-state index in [-0.39, 0.29) is 5.82 Å². The third-order valence-electron chi connectivity index (χ3n) is 2.74. The highest BCUT2D eigenvalue weighted by Crippen LogP contribution is 2.26. The van der Waals surface area contributed by atoms with Crippen molar-refractivity contribution in [3.8, 4) is 0 Å². The highest BCUT2D eigenvalue weighted by atomic mass is 79.9. The first-order chi connectivity index (χ1) is 8.72. The number of para-hydroxylation sites is 1. The molecule has 94 valence electrons. The highest BCUT2D eigenvalue weighted by Gasteiger charge is 2.12. The van der Waals surface area contributed by atoms with Crippen molar-refractivity contribution in [2.45, 2.75) is 11.9 Å². The molecule has 2 aromatic rings. The predicted molar refractivity (Wildman–Crippen MR) is 75.4 cm³/mol. The molecule has 2 rings (SSSR count). The van der Waals surface area contributed by atoms with E-state index in [1.165, 1.54) is 6.07 Å². The Labute approximate surface area is 115 Å². The minimum Gasteiger partial charge on any atom is -0.368 e. The molecule has 0 atom stereocenters. The van der Waals surface area contributed by atoms with Gasteiger partial charge >= 0.3 is 0 Å². The Balaban J connectivity index is 2.26. The van der Waals surface area contributed by atoms with Gasteiger partial charge in [-0.05, 0) is 23.3 Å². The Bertz CT molecular complexity index is 516. The van der Waals surface area contributed by atoms with Gasteiger partial charge < -0.3 is 4.90 Å². The molecule has 1 aromatic carbocycles. The summed E-state index contributed by atoms with van der Waals surface area (Å²) in [6.45, 7) is 0.634. The molecule has 0 aliphatic rings. The number of pyridine rings is 1. The van der Waals surface area contributed by atoms with Gasteiger partial charge in [-0.3, -0.25) is 4.98 Å². The third kappa shape index (κ3) is 2.88. The van der Waals surface area contributed by atoms with Gasteiger partial charge in [0.1, 0.15) is 5.82 Å². The van der Waals surface area contributed by atoms with Crippen LogP contribution in [0.15, 0.2) is 42.7 Å². The van der Waals surface area contributed by atoms with Gasteiger partial charge in [-0.15, -0.1) is 0 Å². The largest absolute Gasteiger partial charge is 0.368 e. The minimum atomic E-state index is -0.196. The van der Waals surface area contributed by atoms with E-state index in [2.05, 4.69) is 20.9 Å². The van der Waals surface area contributed by atoms with Crippen LogP contribution in [0, 0.1) is 5.82 Å². The first-order valence-electron chi connectivity index (χ1n) is 5.65. The molecule has 0 radical (unpaired) electrons. The van der Waals surface area contributed by atoms with Crippen molar-refractivity contribution >= 4 is 21.6 Å². The SMILES string of the molecule is CN(Cc1cccnc1)c1c(F)cccc1CBr. The molecule has 0 spiro atoms. The summed E-state index contributed by atoms with van der Waals surface area (Å²) in [6.07, 6.45) is 3.53. The summed E-state index contributed by atoms with van der Waals surface area (Å²) in [7, 11) is 1.89. The van der Waals surface area contributed by atoms with Crippen LogP contribution in [0.1, 0.15) is 11.1 Å².